The van der Waals surface area contributed by atoms with Gasteiger partial charge in [-0.05, 0) is 57.7 Å². The summed E-state index contributed by atoms with van der Waals surface area (Å²) in [5.74, 6) is -0.223. The maximum absolute atomic E-state index is 12.8. The molecule has 38 heavy (non-hydrogen) atoms. The molecule has 3 rings (SSSR count). The molecule has 2 N–H and O–H groups in total. The van der Waals surface area contributed by atoms with Crippen LogP contribution in [-0.2, 0) is 11.4 Å². The number of amides is 2. The van der Waals surface area contributed by atoms with E-state index >= 15 is 0 Å². The molecule has 0 aromatic heterocycles. The Morgan fingerprint density at radius 1 is 1.16 bits per heavy atom. The summed E-state index contributed by atoms with van der Waals surface area (Å²) in [7, 11) is 1.51. The third-order valence-corrected chi connectivity index (χ3v) is 6.42. The first kappa shape index (κ1) is 28.7. The topological polar surface area (TPSA) is 113 Å². The van der Waals surface area contributed by atoms with E-state index in [1.807, 2.05) is 26.0 Å². The van der Waals surface area contributed by atoms with Crippen LogP contribution in [0, 0.1) is 17.2 Å². The number of methoxy groups -OCH3 is 1. The molecule has 8 nitrogen and oxygen atoms in total. The van der Waals surface area contributed by atoms with E-state index in [1.165, 1.54) is 13.3 Å². The lowest BCUT2D eigenvalue weighted by Crippen LogP contribution is -2.48. The average molecular weight is 598 g/mol. The number of benzene rings is 3. The summed E-state index contributed by atoms with van der Waals surface area (Å²) in [6, 6.07) is 18.6. The van der Waals surface area contributed by atoms with Gasteiger partial charge in [-0.2, -0.15) is 10.4 Å². The molecule has 1 atom stereocenters. The molecular formula is C28H26BrClN4O4. The molecular weight excluding hydrogens is 572 g/mol. The van der Waals surface area contributed by atoms with E-state index < -0.39 is 17.9 Å². The molecule has 3 aromatic rings. The predicted molar refractivity (Wildman–Crippen MR) is 149 cm³/mol. The van der Waals surface area contributed by atoms with Gasteiger partial charge >= 0.3 is 0 Å². The van der Waals surface area contributed by atoms with Crippen molar-refractivity contribution in [2.75, 3.05) is 7.11 Å². The first-order valence-corrected chi connectivity index (χ1v) is 12.8. The van der Waals surface area contributed by atoms with Crippen LogP contribution in [0.15, 0.2) is 70.2 Å². The Bertz CT molecular complexity index is 1390. The van der Waals surface area contributed by atoms with Gasteiger partial charge in [0.05, 0.1) is 40.0 Å². The SMILES string of the molecule is COc1cc(C=NNC(=O)C(NC(=O)c2ccccc2Cl)C(C)C)cc(Br)c1OCc1ccccc1C#N. The summed E-state index contributed by atoms with van der Waals surface area (Å²) in [5, 5.41) is 16.4. The van der Waals surface area contributed by atoms with Gasteiger partial charge in [0.2, 0.25) is 0 Å². The third kappa shape index (κ3) is 7.34. The second kappa shape index (κ2) is 13.6. The molecule has 0 saturated heterocycles. The van der Waals surface area contributed by atoms with Gasteiger partial charge < -0.3 is 14.8 Å². The number of nitrogens with one attached hydrogen (secondary N) is 2. The van der Waals surface area contributed by atoms with Gasteiger partial charge in [-0.25, -0.2) is 5.43 Å². The molecule has 10 heteroatoms. The van der Waals surface area contributed by atoms with Crippen LogP contribution in [0.2, 0.25) is 5.02 Å². The van der Waals surface area contributed by atoms with Crippen LogP contribution in [0.3, 0.4) is 0 Å². The zero-order valence-corrected chi connectivity index (χ0v) is 23.3. The maximum atomic E-state index is 12.8. The van der Waals surface area contributed by atoms with Crippen molar-refractivity contribution in [2.45, 2.75) is 26.5 Å². The van der Waals surface area contributed by atoms with Crippen LogP contribution in [0.25, 0.3) is 0 Å². The molecule has 0 aliphatic carbocycles. The molecule has 0 spiro atoms. The van der Waals surface area contributed by atoms with Gasteiger partial charge in [-0.1, -0.05) is 55.8 Å². The van der Waals surface area contributed by atoms with E-state index in [9.17, 15) is 14.9 Å². The van der Waals surface area contributed by atoms with Crippen molar-refractivity contribution in [2.24, 2.45) is 11.0 Å². The molecule has 0 aliphatic rings. The zero-order chi connectivity index (χ0) is 27.7. The fourth-order valence-electron chi connectivity index (χ4n) is 3.50. The summed E-state index contributed by atoms with van der Waals surface area (Å²) >= 11 is 9.59. The molecule has 1 unspecified atom stereocenters. The van der Waals surface area contributed by atoms with Crippen molar-refractivity contribution in [1.82, 2.24) is 10.7 Å². The van der Waals surface area contributed by atoms with Crippen molar-refractivity contribution < 1.29 is 19.1 Å². The van der Waals surface area contributed by atoms with Crippen molar-refractivity contribution in [3.8, 4) is 17.6 Å². The lowest BCUT2D eigenvalue weighted by atomic mass is 10.0. The molecule has 0 aliphatic heterocycles. The van der Waals surface area contributed by atoms with Crippen LogP contribution in [0.5, 0.6) is 11.5 Å². The summed E-state index contributed by atoms with van der Waals surface area (Å²) in [4.78, 5) is 25.4. The molecule has 0 radical (unpaired) electrons. The second-order valence-corrected chi connectivity index (χ2v) is 9.76. The van der Waals surface area contributed by atoms with E-state index in [1.54, 1.807) is 48.5 Å². The molecule has 2 amide bonds. The number of halogens is 2. The van der Waals surface area contributed by atoms with Crippen molar-refractivity contribution in [3.63, 3.8) is 0 Å². The standard InChI is InChI=1S/C28H26BrClN4O4/c1-17(2)25(33-27(35)21-10-6-7-11-23(21)30)28(36)34-32-15-18-12-22(29)26(24(13-18)37-3)38-16-20-9-5-4-8-19(20)14-31/h4-13,15,17,25H,16H2,1-3H3,(H,33,35)(H,34,36). The van der Waals surface area contributed by atoms with Crippen molar-refractivity contribution >= 4 is 45.6 Å². The zero-order valence-electron chi connectivity index (χ0n) is 21.0. The summed E-state index contributed by atoms with van der Waals surface area (Å²) in [5.41, 5.74) is 4.67. The average Bonchev–Trinajstić information content (AvgIpc) is 2.90. The molecule has 0 saturated carbocycles. The number of hydrogen-bond donors (Lipinski definition) is 2. The number of nitriles is 1. The highest BCUT2D eigenvalue weighted by Crippen LogP contribution is 2.37. The minimum Gasteiger partial charge on any atom is -0.493 e. The molecule has 3 aromatic carbocycles. The number of nitrogens with zero attached hydrogens (tertiary/aromatic N) is 2. The fraction of sp³-hybridized carbons (Fsp3) is 0.214. The van der Waals surface area contributed by atoms with Gasteiger partial charge in [0.15, 0.2) is 11.5 Å². The number of carbonyl (C=O) groups excluding carboxylic acids is 2. The van der Waals surface area contributed by atoms with Gasteiger partial charge in [0.1, 0.15) is 12.6 Å². The lowest BCUT2D eigenvalue weighted by Gasteiger charge is -2.20. The predicted octanol–water partition coefficient (Wildman–Crippen LogP) is 5.47. The number of hydrogen-bond acceptors (Lipinski definition) is 6. The highest BCUT2D eigenvalue weighted by atomic mass is 79.9. The Kier molecular flexibility index (Phi) is 10.3. The first-order chi connectivity index (χ1) is 18.2. The van der Waals surface area contributed by atoms with E-state index in [4.69, 9.17) is 21.1 Å². The number of hydrazone groups is 1. The Balaban J connectivity index is 1.68. The Morgan fingerprint density at radius 3 is 2.55 bits per heavy atom. The maximum Gasteiger partial charge on any atom is 0.262 e. The molecule has 0 heterocycles. The van der Waals surface area contributed by atoms with E-state index in [0.29, 0.717) is 32.1 Å². The van der Waals surface area contributed by atoms with E-state index in [2.05, 4.69) is 37.8 Å². The number of carbonyl (C=O) groups is 2. The van der Waals surface area contributed by atoms with Gasteiger partial charge in [0.25, 0.3) is 11.8 Å². The van der Waals surface area contributed by atoms with Crippen LogP contribution in [0.1, 0.15) is 40.9 Å². The van der Waals surface area contributed by atoms with E-state index in [0.717, 1.165) is 5.56 Å². The largest absolute Gasteiger partial charge is 0.493 e. The van der Waals surface area contributed by atoms with Crippen molar-refractivity contribution in [3.05, 3.63) is 92.4 Å². The number of rotatable bonds is 10. The molecule has 0 bridgehead atoms. The smallest absolute Gasteiger partial charge is 0.262 e. The summed E-state index contributed by atoms with van der Waals surface area (Å²) in [6.07, 6.45) is 1.45. The van der Waals surface area contributed by atoms with Gasteiger partial charge in [0, 0.05) is 5.56 Å². The monoisotopic (exact) mass is 596 g/mol. The molecule has 0 fully saturated rings. The van der Waals surface area contributed by atoms with Crippen LogP contribution in [-0.4, -0.2) is 31.2 Å². The highest BCUT2D eigenvalue weighted by Gasteiger charge is 2.25. The van der Waals surface area contributed by atoms with E-state index in [-0.39, 0.29) is 18.1 Å². The van der Waals surface area contributed by atoms with Crippen LogP contribution >= 0.6 is 27.5 Å². The van der Waals surface area contributed by atoms with Gasteiger partial charge in [-0.3, -0.25) is 9.59 Å². The minimum atomic E-state index is -0.829. The summed E-state index contributed by atoms with van der Waals surface area (Å²) in [6.45, 7) is 3.81. The Labute approximate surface area is 234 Å². The number of ether oxygens (including phenoxy) is 2. The lowest BCUT2D eigenvalue weighted by molar-refractivity contribution is -0.123. The molecule has 196 valence electrons. The third-order valence-electron chi connectivity index (χ3n) is 5.50. The van der Waals surface area contributed by atoms with Crippen LogP contribution in [0.4, 0.5) is 0 Å². The highest BCUT2D eigenvalue weighted by molar-refractivity contribution is 9.10. The second-order valence-electron chi connectivity index (χ2n) is 8.50. The van der Waals surface area contributed by atoms with Crippen molar-refractivity contribution in [1.29, 1.82) is 5.26 Å². The summed E-state index contributed by atoms with van der Waals surface area (Å²) < 4.78 is 12.0. The quantitative estimate of drug-likeness (QED) is 0.238. The van der Waals surface area contributed by atoms with Gasteiger partial charge in [-0.15, -0.1) is 0 Å². The Morgan fingerprint density at radius 2 is 1.87 bits per heavy atom. The fourth-order valence-corrected chi connectivity index (χ4v) is 4.29. The minimum absolute atomic E-state index is 0.179. The van der Waals surface area contributed by atoms with Crippen LogP contribution < -0.4 is 20.2 Å². The first-order valence-electron chi connectivity index (χ1n) is 11.6. The Hall–Kier alpha value is -3.87. The normalized spacial score (nSPS) is 11.6.